The lowest BCUT2D eigenvalue weighted by molar-refractivity contribution is -0.385. The summed E-state index contributed by atoms with van der Waals surface area (Å²) in [5.41, 5.74) is 1.64. The zero-order chi connectivity index (χ0) is 10.7. The molecule has 0 aliphatic rings. The molecule has 76 valence electrons. The monoisotopic (exact) mass is 194 g/mol. The first-order valence-corrected chi connectivity index (χ1v) is 4.52. The largest absolute Gasteiger partial charge is 0.383 e. The van der Waals surface area contributed by atoms with E-state index in [9.17, 15) is 10.1 Å². The van der Waals surface area contributed by atoms with Crippen molar-refractivity contribution in [1.29, 1.82) is 0 Å². The fourth-order valence-electron chi connectivity index (χ4n) is 1.23. The highest BCUT2D eigenvalue weighted by Gasteiger charge is 2.10. The van der Waals surface area contributed by atoms with Crippen LogP contribution < -0.4 is 5.32 Å². The van der Waals surface area contributed by atoms with Gasteiger partial charge >= 0.3 is 0 Å². The number of nitro groups is 1. The van der Waals surface area contributed by atoms with Crippen LogP contribution in [0.15, 0.2) is 18.2 Å². The minimum Gasteiger partial charge on any atom is -0.383 e. The number of aryl methyl sites for hydroxylation is 1. The number of rotatable bonds is 3. The first-order valence-electron chi connectivity index (χ1n) is 4.52. The van der Waals surface area contributed by atoms with Gasteiger partial charge in [0, 0.05) is 23.4 Å². The van der Waals surface area contributed by atoms with E-state index in [0.29, 0.717) is 5.56 Å². The average molecular weight is 194 g/mol. The van der Waals surface area contributed by atoms with Gasteiger partial charge in [0.1, 0.15) is 0 Å². The first-order chi connectivity index (χ1) is 6.50. The number of nitro benzene ring substituents is 1. The summed E-state index contributed by atoms with van der Waals surface area (Å²) in [5, 5.41) is 13.8. The molecule has 0 saturated carbocycles. The lowest BCUT2D eigenvalue weighted by Crippen LogP contribution is -2.09. The van der Waals surface area contributed by atoms with Gasteiger partial charge in [0.25, 0.3) is 5.69 Å². The molecular formula is C10H14N2O2. The van der Waals surface area contributed by atoms with Crippen molar-refractivity contribution in [2.75, 3.05) is 5.32 Å². The quantitative estimate of drug-likeness (QED) is 0.594. The molecule has 0 heterocycles. The van der Waals surface area contributed by atoms with Gasteiger partial charge in [-0.05, 0) is 26.8 Å². The summed E-state index contributed by atoms with van der Waals surface area (Å²) >= 11 is 0. The molecule has 1 aromatic rings. The second-order valence-electron chi connectivity index (χ2n) is 3.56. The minimum absolute atomic E-state index is 0.163. The summed E-state index contributed by atoms with van der Waals surface area (Å²) in [4.78, 5) is 10.3. The Labute approximate surface area is 83.1 Å². The third-order valence-corrected chi connectivity index (χ3v) is 1.86. The standard InChI is InChI=1S/C10H14N2O2/c1-7(2)11-9-5-4-8(3)10(6-9)12(13)14/h4-7,11H,1-3H3. The van der Waals surface area contributed by atoms with Crippen LogP contribution in [0.4, 0.5) is 11.4 Å². The molecule has 14 heavy (non-hydrogen) atoms. The SMILES string of the molecule is Cc1ccc(NC(C)C)cc1[N+](=O)[O-]. The molecule has 1 aromatic carbocycles. The van der Waals surface area contributed by atoms with E-state index in [1.54, 1.807) is 19.1 Å². The molecule has 0 atom stereocenters. The van der Waals surface area contributed by atoms with Gasteiger partial charge in [-0.25, -0.2) is 0 Å². The van der Waals surface area contributed by atoms with Gasteiger partial charge in [0.2, 0.25) is 0 Å². The van der Waals surface area contributed by atoms with Crippen molar-refractivity contribution in [2.45, 2.75) is 26.8 Å². The lowest BCUT2D eigenvalue weighted by atomic mass is 10.2. The number of nitrogens with one attached hydrogen (secondary N) is 1. The third kappa shape index (κ3) is 2.45. The molecule has 0 amide bonds. The Balaban J connectivity index is 3.00. The number of anilines is 1. The van der Waals surface area contributed by atoms with Crippen molar-refractivity contribution in [3.8, 4) is 0 Å². The van der Waals surface area contributed by atoms with Crippen molar-refractivity contribution in [3.63, 3.8) is 0 Å². The van der Waals surface area contributed by atoms with E-state index >= 15 is 0 Å². The Bertz CT molecular complexity index is 348. The number of benzene rings is 1. The van der Waals surface area contributed by atoms with E-state index < -0.39 is 0 Å². The van der Waals surface area contributed by atoms with Crippen molar-refractivity contribution in [2.24, 2.45) is 0 Å². The van der Waals surface area contributed by atoms with Gasteiger partial charge in [0.05, 0.1) is 4.92 Å². The Morgan fingerprint density at radius 3 is 2.57 bits per heavy atom. The van der Waals surface area contributed by atoms with Crippen molar-refractivity contribution >= 4 is 11.4 Å². The smallest absolute Gasteiger partial charge is 0.274 e. The number of hydrogen-bond acceptors (Lipinski definition) is 3. The second-order valence-corrected chi connectivity index (χ2v) is 3.56. The van der Waals surface area contributed by atoms with Gasteiger partial charge in [-0.1, -0.05) is 6.07 Å². The molecule has 0 aliphatic heterocycles. The molecule has 1 rings (SSSR count). The lowest BCUT2D eigenvalue weighted by Gasteiger charge is -2.09. The molecule has 4 heteroatoms. The van der Waals surface area contributed by atoms with Crippen LogP contribution >= 0.6 is 0 Å². The normalized spacial score (nSPS) is 10.3. The summed E-state index contributed by atoms with van der Waals surface area (Å²) in [6.45, 7) is 5.72. The summed E-state index contributed by atoms with van der Waals surface area (Å²) < 4.78 is 0. The van der Waals surface area contributed by atoms with E-state index in [1.807, 2.05) is 19.9 Å². The van der Waals surface area contributed by atoms with Crippen molar-refractivity contribution < 1.29 is 4.92 Å². The van der Waals surface area contributed by atoms with Crippen LogP contribution in [-0.2, 0) is 0 Å². The predicted octanol–water partition coefficient (Wildman–Crippen LogP) is 2.72. The number of hydrogen-bond donors (Lipinski definition) is 1. The zero-order valence-corrected chi connectivity index (χ0v) is 8.57. The Kier molecular flexibility index (Phi) is 3.06. The summed E-state index contributed by atoms with van der Waals surface area (Å²) in [7, 11) is 0. The fourth-order valence-corrected chi connectivity index (χ4v) is 1.23. The van der Waals surface area contributed by atoms with E-state index in [1.165, 1.54) is 0 Å². The molecular weight excluding hydrogens is 180 g/mol. The van der Waals surface area contributed by atoms with E-state index in [-0.39, 0.29) is 16.7 Å². The second kappa shape index (κ2) is 4.09. The summed E-state index contributed by atoms with van der Waals surface area (Å²) in [6, 6.07) is 5.44. The molecule has 0 spiro atoms. The summed E-state index contributed by atoms with van der Waals surface area (Å²) in [5.74, 6) is 0. The van der Waals surface area contributed by atoms with Gasteiger partial charge in [-0.15, -0.1) is 0 Å². The van der Waals surface area contributed by atoms with Gasteiger partial charge in [-0.3, -0.25) is 10.1 Å². The maximum Gasteiger partial charge on any atom is 0.274 e. The predicted molar refractivity (Wildman–Crippen MR) is 56.6 cm³/mol. The Hall–Kier alpha value is -1.58. The minimum atomic E-state index is -0.360. The van der Waals surface area contributed by atoms with Crippen LogP contribution in [0, 0.1) is 17.0 Å². The summed E-state index contributed by atoms with van der Waals surface area (Å²) in [6.07, 6.45) is 0. The zero-order valence-electron chi connectivity index (χ0n) is 8.57. The molecule has 0 fully saturated rings. The molecule has 0 aliphatic carbocycles. The molecule has 0 bridgehead atoms. The highest BCUT2D eigenvalue weighted by Crippen LogP contribution is 2.22. The fraction of sp³-hybridized carbons (Fsp3) is 0.400. The number of nitrogens with zero attached hydrogens (tertiary/aromatic N) is 1. The highest BCUT2D eigenvalue weighted by atomic mass is 16.6. The molecule has 0 unspecified atom stereocenters. The topological polar surface area (TPSA) is 55.2 Å². The van der Waals surface area contributed by atoms with Gasteiger partial charge in [0.15, 0.2) is 0 Å². The molecule has 0 aromatic heterocycles. The van der Waals surface area contributed by atoms with Crippen LogP contribution in [0.2, 0.25) is 0 Å². The van der Waals surface area contributed by atoms with Crippen LogP contribution in [0.5, 0.6) is 0 Å². The van der Waals surface area contributed by atoms with Crippen molar-refractivity contribution in [1.82, 2.24) is 0 Å². The van der Waals surface area contributed by atoms with Gasteiger partial charge < -0.3 is 5.32 Å². The van der Waals surface area contributed by atoms with E-state index in [4.69, 9.17) is 0 Å². The van der Waals surface area contributed by atoms with Crippen LogP contribution in [0.25, 0.3) is 0 Å². The van der Waals surface area contributed by atoms with Crippen LogP contribution in [-0.4, -0.2) is 11.0 Å². The Morgan fingerprint density at radius 1 is 1.43 bits per heavy atom. The highest BCUT2D eigenvalue weighted by molar-refractivity contribution is 5.55. The van der Waals surface area contributed by atoms with E-state index in [0.717, 1.165) is 5.69 Å². The van der Waals surface area contributed by atoms with Crippen LogP contribution in [0.3, 0.4) is 0 Å². The molecule has 1 N–H and O–H groups in total. The molecule has 4 nitrogen and oxygen atoms in total. The first kappa shape index (κ1) is 10.5. The van der Waals surface area contributed by atoms with Gasteiger partial charge in [-0.2, -0.15) is 0 Å². The molecule has 0 saturated heterocycles. The van der Waals surface area contributed by atoms with Crippen LogP contribution in [0.1, 0.15) is 19.4 Å². The average Bonchev–Trinajstić information content (AvgIpc) is 2.07. The molecule has 0 radical (unpaired) electrons. The Morgan fingerprint density at radius 2 is 2.07 bits per heavy atom. The third-order valence-electron chi connectivity index (χ3n) is 1.86. The maximum absolute atomic E-state index is 10.6. The van der Waals surface area contributed by atoms with Crippen molar-refractivity contribution in [3.05, 3.63) is 33.9 Å². The maximum atomic E-state index is 10.6. The van der Waals surface area contributed by atoms with E-state index in [2.05, 4.69) is 5.32 Å².